The molecule has 188 valence electrons. The highest BCUT2D eigenvalue weighted by molar-refractivity contribution is 7.80. The molecule has 33 heavy (non-hydrogen) atoms. The highest BCUT2D eigenvalue weighted by atomic mass is 32.1. The van der Waals surface area contributed by atoms with E-state index in [2.05, 4.69) is 6.92 Å². The first-order valence-corrected chi connectivity index (χ1v) is 13.3. The molecule has 0 atom stereocenters. The first-order valence-electron chi connectivity index (χ1n) is 12.9. The van der Waals surface area contributed by atoms with Crippen LogP contribution in [0.15, 0.2) is 24.3 Å². The lowest BCUT2D eigenvalue weighted by atomic mass is 10.0. The van der Waals surface area contributed by atoms with Crippen LogP contribution in [-0.4, -0.2) is 17.7 Å². The minimum atomic E-state index is -0.604. The SMILES string of the molecule is CCCCCCCCCCCCCCCCCCOC(=S)c1cccc(N(N)C(=O)NN)c1. The Labute approximate surface area is 206 Å². The fraction of sp³-hybridized carbons (Fsp3) is 0.692. The summed E-state index contributed by atoms with van der Waals surface area (Å²) >= 11 is 5.36. The number of nitrogens with two attached hydrogens (primary N) is 2. The number of thiocarbonyl (C=S) groups is 1. The second-order valence-corrected chi connectivity index (χ2v) is 9.18. The van der Waals surface area contributed by atoms with Crippen molar-refractivity contribution in [3.8, 4) is 0 Å². The quantitative estimate of drug-likeness (QED) is 0.0661. The summed E-state index contributed by atoms with van der Waals surface area (Å²) in [6.07, 6.45) is 21.5. The standard InChI is InChI=1S/C26H46N4O2S/c1-2-3-4-5-6-7-8-9-10-11-12-13-14-15-16-17-21-32-25(33)23-19-18-20-24(22-23)30(28)26(31)29-27/h18-20,22H,2-17,21,27-28H2,1H3,(H,29,31). The van der Waals surface area contributed by atoms with Crippen molar-refractivity contribution < 1.29 is 9.53 Å². The molecule has 7 heteroatoms. The predicted molar refractivity (Wildman–Crippen MR) is 143 cm³/mol. The Morgan fingerprint density at radius 3 is 1.85 bits per heavy atom. The van der Waals surface area contributed by atoms with Crippen LogP contribution in [0.4, 0.5) is 10.5 Å². The van der Waals surface area contributed by atoms with Crippen LogP contribution in [0.2, 0.25) is 0 Å². The molecule has 1 aromatic carbocycles. The Morgan fingerprint density at radius 1 is 0.879 bits per heavy atom. The van der Waals surface area contributed by atoms with Gasteiger partial charge in [-0.1, -0.05) is 115 Å². The van der Waals surface area contributed by atoms with Gasteiger partial charge >= 0.3 is 6.03 Å². The summed E-state index contributed by atoms with van der Waals surface area (Å²) in [6.45, 7) is 2.88. The molecule has 0 aliphatic rings. The number of ether oxygens (including phenoxy) is 1. The number of nitrogens with one attached hydrogen (secondary N) is 1. The summed E-state index contributed by atoms with van der Waals surface area (Å²) in [5, 5.41) is 1.35. The summed E-state index contributed by atoms with van der Waals surface area (Å²) in [6, 6.07) is 6.43. The fourth-order valence-corrected chi connectivity index (χ4v) is 4.08. The number of rotatable bonds is 19. The average molecular weight is 479 g/mol. The van der Waals surface area contributed by atoms with Crippen molar-refractivity contribution in [2.24, 2.45) is 11.7 Å². The molecule has 1 rings (SSSR count). The summed E-state index contributed by atoms with van der Waals surface area (Å²) in [7, 11) is 0. The molecule has 1 aromatic rings. The van der Waals surface area contributed by atoms with Gasteiger partial charge in [-0.05, 0) is 30.8 Å². The van der Waals surface area contributed by atoms with Crippen molar-refractivity contribution >= 4 is 29.0 Å². The van der Waals surface area contributed by atoms with Crippen molar-refractivity contribution in [2.45, 2.75) is 110 Å². The zero-order valence-corrected chi connectivity index (χ0v) is 21.5. The van der Waals surface area contributed by atoms with Gasteiger partial charge in [0.05, 0.1) is 12.3 Å². The maximum absolute atomic E-state index is 11.5. The Hall–Kier alpha value is -1.70. The summed E-state index contributed by atoms with van der Waals surface area (Å²) in [4.78, 5) is 11.5. The maximum atomic E-state index is 11.5. The molecular formula is C26H46N4O2S. The molecule has 6 nitrogen and oxygen atoms in total. The van der Waals surface area contributed by atoms with Crippen LogP contribution >= 0.6 is 12.2 Å². The molecule has 0 fully saturated rings. The first kappa shape index (κ1) is 29.3. The van der Waals surface area contributed by atoms with Gasteiger partial charge in [0, 0.05) is 5.56 Å². The zero-order chi connectivity index (χ0) is 24.2. The molecular weight excluding hydrogens is 432 g/mol. The molecule has 0 bridgehead atoms. The van der Waals surface area contributed by atoms with Crippen LogP contribution in [0.5, 0.6) is 0 Å². The second kappa shape index (κ2) is 19.7. The van der Waals surface area contributed by atoms with E-state index in [0.29, 0.717) is 17.3 Å². The van der Waals surface area contributed by atoms with Gasteiger partial charge in [0.1, 0.15) is 0 Å². The van der Waals surface area contributed by atoms with Crippen LogP contribution in [-0.2, 0) is 4.74 Å². The fourth-order valence-electron chi connectivity index (χ4n) is 3.87. The van der Waals surface area contributed by atoms with E-state index in [1.165, 1.54) is 89.9 Å². The highest BCUT2D eigenvalue weighted by Crippen LogP contribution is 2.16. The number of hydrogen-bond acceptors (Lipinski definition) is 5. The molecule has 0 radical (unpaired) electrons. The largest absolute Gasteiger partial charge is 0.483 e. The first-order chi connectivity index (χ1) is 16.1. The highest BCUT2D eigenvalue weighted by Gasteiger charge is 2.12. The molecule has 0 unspecified atom stereocenters. The molecule has 0 heterocycles. The number of carbonyl (C=O) groups excluding carboxylic acids is 1. The number of unbranched alkanes of at least 4 members (excludes halogenated alkanes) is 15. The summed E-state index contributed by atoms with van der Waals surface area (Å²) in [5.41, 5.74) is 3.21. The third-order valence-electron chi connectivity index (χ3n) is 5.93. The van der Waals surface area contributed by atoms with Gasteiger partial charge in [-0.15, -0.1) is 0 Å². The molecule has 0 saturated carbocycles. The third kappa shape index (κ3) is 14.2. The molecule has 0 aliphatic heterocycles. The van der Waals surface area contributed by atoms with Crippen molar-refractivity contribution in [1.29, 1.82) is 0 Å². The van der Waals surface area contributed by atoms with Crippen molar-refractivity contribution in [2.75, 3.05) is 11.6 Å². The average Bonchev–Trinajstić information content (AvgIpc) is 2.84. The van der Waals surface area contributed by atoms with Crippen LogP contribution in [0, 0.1) is 0 Å². The van der Waals surface area contributed by atoms with E-state index in [0.717, 1.165) is 23.4 Å². The van der Waals surface area contributed by atoms with Crippen molar-refractivity contribution in [3.05, 3.63) is 29.8 Å². The van der Waals surface area contributed by atoms with Gasteiger partial charge in [0.25, 0.3) is 0 Å². The van der Waals surface area contributed by atoms with Gasteiger partial charge in [-0.25, -0.2) is 21.5 Å². The molecule has 0 aliphatic carbocycles. The molecule has 5 N–H and O–H groups in total. The van der Waals surface area contributed by atoms with Gasteiger partial charge in [-0.3, -0.25) is 5.43 Å². The number of hydrogen-bond donors (Lipinski definition) is 3. The number of hydrazine groups is 2. The topological polar surface area (TPSA) is 93.6 Å². The zero-order valence-electron chi connectivity index (χ0n) is 20.7. The Bertz CT molecular complexity index is 657. The van der Waals surface area contributed by atoms with E-state index in [9.17, 15) is 4.79 Å². The monoisotopic (exact) mass is 478 g/mol. The van der Waals surface area contributed by atoms with E-state index in [4.69, 9.17) is 28.6 Å². The van der Waals surface area contributed by atoms with E-state index in [-0.39, 0.29) is 0 Å². The number of anilines is 1. The lowest BCUT2D eigenvalue weighted by Crippen LogP contribution is -2.47. The molecule has 0 saturated heterocycles. The summed E-state index contributed by atoms with van der Waals surface area (Å²) in [5.74, 6) is 10.8. The van der Waals surface area contributed by atoms with Crippen LogP contribution in [0.3, 0.4) is 0 Å². The summed E-state index contributed by atoms with van der Waals surface area (Å²) < 4.78 is 5.72. The number of amides is 2. The van der Waals surface area contributed by atoms with E-state index in [1.807, 2.05) is 11.5 Å². The molecule has 0 spiro atoms. The lowest BCUT2D eigenvalue weighted by Gasteiger charge is -2.16. The Kier molecular flexibility index (Phi) is 17.5. The van der Waals surface area contributed by atoms with E-state index in [1.54, 1.807) is 18.2 Å². The Morgan fingerprint density at radius 2 is 1.36 bits per heavy atom. The molecule has 2 amide bonds. The third-order valence-corrected chi connectivity index (χ3v) is 6.29. The predicted octanol–water partition coefficient (Wildman–Crippen LogP) is 6.90. The number of carbonyl (C=O) groups is 1. The number of urea groups is 1. The lowest BCUT2D eigenvalue weighted by molar-refractivity contribution is 0.246. The van der Waals surface area contributed by atoms with Crippen LogP contribution in [0.25, 0.3) is 0 Å². The molecule has 0 aromatic heterocycles. The van der Waals surface area contributed by atoms with Gasteiger partial charge in [-0.2, -0.15) is 0 Å². The second-order valence-electron chi connectivity index (χ2n) is 8.81. The van der Waals surface area contributed by atoms with Gasteiger partial charge in [0.15, 0.2) is 5.05 Å². The van der Waals surface area contributed by atoms with E-state index < -0.39 is 6.03 Å². The van der Waals surface area contributed by atoms with Gasteiger partial charge in [0.2, 0.25) is 0 Å². The maximum Gasteiger partial charge on any atom is 0.350 e. The normalized spacial score (nSPS) is 10.8. The van der Waals surface area contributed by atoms with Gasteiger partial charge < -0.3 is 4.74 Å². The van der Waals surface area contributed by atoms with Crippen LogP contribution in [0.1, 0.15) is 115 Å². The van der Waals surface area contributed by atoms with Crippen LogP contribution < -0.4 is 22.1 Å². The van der Waals surface area contributed by atoms with E-state index >= 15 is 0 Å². The van der Waals surface area contributed by atoms with Crippen molar-refractivity contribution in [3.63, 3.8) is 0 Å². The number of benzene rings is 1. The smallest absolute Gasteiger partial charge is 0.350 e. The van der Waals surface area contributed by atoms with Crippen molar-refractivity contribution in [1.82, 2.24) is 5.43 Å². The number of nitrogens with zero attached hydrogens (tertiary/aromatic N) is 1. The Balaban J connectivity index is 1.98. The minimum Gasteiger partial charge on any atom is -0.483 e. The minimum absolute atomic E-state index is 0.416.